The zero-order valence-electron chi connectivity index (χ0n) is 11.1. The van der Waals surface area contributed by atoms with Crippen LogP contribution >= 0.6 is 0 Å². The van der Waals surface area contributed by atoms with E-state index in [1.165, 1.54) is 11.1 Å². The highest BCUT2D eigenvalue weighted by atomic mass is 16.5. The molecule has 1 aromatic rings. The maximum Gasteiger partial charge on any atom is 0.122 e. The molecule has 18 heavy (non-hydrogen) atoms. The molecule has 0 radical (unpaired) electrons. The first-order valence-corrected chi connectivity index (χ1v) is 6.34. The number of ether oxygens (including phenoxy) is 1. The van der Waals surface area contributed by atoms with Crippen LogP contribution in [0.4, 0.5) is 0 Å². The van der Waals surface area contributed by atoms with Crippen LogP contribution in [0, 0.1) is 12.3 Å². The summed E-state index contributed by atoms with van der Waals surface area (Å²) in [7, 11) is 0. The molecule has 0 spiro atoms. The van der Waals surface area contributed by atoms with E-state index in [0.29, 0.717) is 6.10 Å². The lowest BCUT2D eigenvalue weighted by atomic mass is 10.0. The summed E-state index contributed by atoms with van der Waals surface area (Å²) in [6.45, 7) is 7.90. The number of benzene rings is 1. The molecular formula is C14H21N3O. The molecule has 98 valence electrons. The normalized spacial score (nSPS) is 20.9. The Morgan fingerprint density at radius 3 is 2.94 bits per heavy atom. The third kappa shape index (κ3) is 3.09. The lowest BCUT2D eigenvalue weighted by Crippen LogP contribution is -2.40. The average Bonchev–Trinajstić information content (AvgIpc) is 2.31. The molecule has 1 fully saturated rings. The van der Waals surface area contributed by atoms with Gasteiger partial charge in [0.15, 0.2) is 0 Å². The average molecular weight is 247 g/mol. The van der Waals surface area contributed by atoms with E-state index in [1.807, 2.05) is 12.1 Å². The van der Waals surface area contributed by atoms with Crippen molar-refractivity contribution in [3.05, 3.63) is 34.9 Å². The topological polar surface area (TPSA) is 62.3 Å². The molecule has 4 heteroatoms. The van der Waals surface area contributed by atoms with Gasteiger partial charge in [-0.1, -0.05) is 12.1 Å². The molecule has 0 saturated carbocycles. The minimum Gasteiger partial charge on any atom is -0.384 e. The van der Waals surface area contributed by atoms with E-state index in [4.69, 9.17) is 15.9 Å². The number of aryl methyl sites for hydroxylation is 1. The van der Waals surface area contributed by atoms with Gasteiger partial charge in [-0.3, -0.25) is 10.3 Å². The van der Waals surface area contributed by atoms with Crippen molar-refractivity contribution in [1.29, 1.82) is 5.41 Å². The van der Waals surface area contributed by atoms with E-state index >= 15 is 0 Å². The van der Waals surface area contributed by atoms with Gasteiger partial charge in [-0.15, -0.1) is 0 Å². The number of hydrogen-bond acceptors (Lipinski definition) is 3. The number of nitrogens with one attached hydrogen (secondary N) is 1. The molecule has 1 unspecified atom stereocenters. The summed E-state index contributed by atoms with van der Waals surface area (Å²) in [4.78, 5) is 2.41. The second kappa shape index (κ2) is 5.50. The van der Waals surface area contributed by atoms with Crippen molar-refractivity contribution in [3.8, 4) is 0 Å². The van der Waals surface area contributed by atoms with Crippen LogP contribution in [0.2, 0.25) is 0 Å². The van der Waals surface area contributed by atoms with Crippen molar-refractivity contribution in [1.82, 2.24) is 4.90 Å². The van der Waals surface area contributed by atoms with Crippen LogP contribution in [0.3, 0.4) is 0 Å². The molecule has 1 saturated heterocycles. The predicted molar refractivity (Wildman–Crippen MR) is 72.9 cm³/mol. The monoisotopic (exact) mass is 247 g/mol. The highest BCUT2D eigenvalue weighted by Crippen LogP contribution is 2.15. The van der Waals surface area contributed by atoms with Gasteiger partial charge in [0.05, 0.1) is 12.7 Å². The lowest BCUT2D eigenvalue weighted by molar-refractivity contribution is -0.0212. The molecule has 1 aromatic carbocycles. The molecule has 0 aromatic heterocycles. The van der Waals surface area contributed by atoms with E-state index < -0.39 is 0 Å². The van der Waals surface area contributed by atoms with Crippen LogP contribution in [0.5, 0.6) is 0 Å². The highest BCUT2D eigenvalue weighted by Gasteiger charge is 2.17. The number of morpholine rings is 1. The van der Waals surface area contributed by atoms with Crippen molar-refractivity contribution in [2.75, 3.05) is 19.7 Å². The summed E-state index contributed by atoms with van der Waals surface area (Å²) in [6, 6.07) is 5.99. The Morgan fingerprint density at radius 2 is 2.33 bits per heavy atom. The van der Waals surface area contributed by atoms with Crippen molar-refractivity contribution in [2.45, 2.75) is 26.5 Å². The molecule has 2 rings (SSSR count). The molecule has 1 heterocycles. The summed E-state index contributed by atoms with van der Waals surface area (Å²) in [5.74, 6) is 0.129. The second-order valence-electron chi connectivity index (χ2n) is 4.97. The smallest absolute Gasteiger partial charge is 0.122 e. The SMILES string of the molecule is Cc1cc(C(=N)N)ccc1CN1CCOC(C)C1. The van der Waals surface area contributed by atoms with E-state index in [9.17, 15) is 0 Å². The number of nitrogen functional groups attached to an aromatic ring is 1. The largest absolute Gasteiger partial charge is 0.384 e. The molecule has 1 aliphatic rings. The zero-order chi connectivity index (χ0) is 13.1. The van der Waals surface area contributed by atoms with Gasteiger partial charge >= 0.3 is 0 Å². The summed E-state index contributed by atoms with van der Waals surface area (Å²) in [5.41, 5.74) is 8.79. The van der Waals surface area contributed by atoms with Crippen LogP contribution in [0.15, 0.2) is 18.2 Å². The number of hydrogen-bond donors (Lipinski definition) is 2. The quantitative estimate of drug-likeness (QED) is 0.628. The first-order chi connectivity index (χ1) is 8.56. The number of rotatable bonds is 3. The predicted octanol–water partition coefficient (Wildman–Crippen LogP) is 1.50. The van der Waals surface area contributed by atoms with E-state index in [1.54, 1.807) is 0 Å². The highest BCUT2D eigenvalue weighted by molar-refractivity contribution is 5.95. The van der Waals surface area contributed by atoms with Crippen molar-refractivity contribution >= 4 is 5.84 Å². The Bertz CT molecular complexity index is 445. The Morgan fingerprint density at radius 1 is 1.56 bits per heavy atom. The molecule has 0 amide bonds. The van der Waals surface area contributed by atoms with Crippen molar-refractivity contribution < 1.29 is 4.74 Å². The maximum atomic E-state index is 7.43. The minimum atomic E-state index is 0.129. The van der Waals surface area contributed by atoms with E-state index in [-0.39, 0.29) is 5.84 Å². The van der Waals surface area contributed by atoms with Gasteiger partial charge < -0.3 is 10.5 Å². The van der Waals surface area contributed by atoms with Gasteiger partial charge in [-0.05, 0) is 31.0 Å². The Balaban J connectivity index is 2.07. The molecule has 3 N–H and O–H groups in total. The summed E-state index contributed by atoms with van der Waals surface area (Å²) < 4.78 is 5.54. The first-order valence-electron chi connectivity index (χ1n) is 6.34. The fourth-order valence-electron chi connectivity index (χ4n) is 2.32. The second-order valence-corrected chi connectivity index (χ2v) is 4.97. The molecule has 1 aliphatic heterocycles. The Kier molecular flexibility index (Phi) is 3.99. The number of nitrogens with two attached hydrogens (primary N) is 1. The fraction of sp³-hybridized carbons (Fsp3) is 0.500. The molecule has 0 aliphatic carbocycles. The summed E-state index contributed by atoms with van der Waals surface area (Å²) >= 11 is 0. The van der Waals surface area contributed by atoms with Gasteiger partial charge in [0.2, 0.25) is 0 Å². The lowest BCUT2D eigenvalue weighted by Gasteiger charge is -2.31. The van der Waals surface area contributed by atoms with Crippen LogP contribution in [0.25, 0.3) is 0 Å². The third-order valence-electron chi connectivity index (χ3n) is 3.37. The van der Waals surface area contributed by atoms with Gasteiger partial charge in [-0.2, -0.15) is 0 Å². The summed E-state index contributed by atoms with van der Waals surface area (Å²) in [6.07, 6.45) is 0.315. The maximum absolute atomic E-state index is 7.43. The van der Waals surface area contributed by atoms with Crippen molar-refractivity contribution in [2.24, 2.45) is 5.73 Å². The first kappa shape index (κ1) is 13.1. The van der Waals surface area contributed by atoms with Gasteiger partial charge in [0.25, 0.3) is 0 Å². The third-order valence-corrected chi connectivity index (χ3v) is 3.37. The molecule has 1 atom stereocenters. The van der Waals surface area contributed by atoms with Gasteiger partial charge in [-0.25, -0.2) is 0 Å². The van der Waals surface area contributed by atoms with Crippen molar-refractivity contribution in [3.63, 3.8) is 0 Å². The van der Waals surface area contributed by atoms with Crippen LogP contribution in [0.1, 0.15) is 23.6 Å². The van der Waals surface area contributed by atoms with E-state index in [2.05, 4.69) is 24.8 Å². The van der Waals surface area contributed by atoms with Crippen LogP contribution in [-0.2, 0) is 11.3 Å². The van der Waals surface area contributed by atoms with E-state index in [0.717, 1.165) is 31.8 Å². The van der Waals surface area contributed by atoms with Crippen LogP contribution < -0.4 is 5.73 Å². The minimum absolute atomic E-state index is 0.129. The molecular weight excluding hydrogens is 226 g/mol. The van der Waals surface area contributed by atoms with Crippen LogP contribution in [-0.4, -0.2) is 36.5 Å². The Hall–Kier alpha value is -1.39. The zero-order valence-corrected chi connectivity index (χ0v) is 11.1. The Labute approximate surface area is 108 Å². The molecule has 4 nitrogen and oxygen atoms in total. The number of nitrogens with zero attached hydrogens (tertiary/aromatic N) is 1. The van der Waals surface area contributed by atoms with Gasteiger partial charge in [0.1, 0.15) is 5.84 Å². The standard InChI is InChI=1S/C14H21N3O/c1-10-7-12(14(15)16)3-4-13(10)9-17-5-6-18-11(2)8-17/h3-4,7,11H,5-6,8-9H2,1-2H3,(H3,15,16). The molecule has 0 bridgehead atoms. The number of amidine groups is 1. The summed E-state index contributed by atoms with van der Waals surface area (Å²) in [5, 5.41) is 7.43. The fourth-order valence-corrected chi connectivity index (χ4v) is 2.32. The van der Waals surface area contributed by atoms with Gasteiger partial charge in [0, 0.05) is 25.2 Å².